The predicted octanol–water partition coefficient (Wildman–Crippen LogP) is 2.76. The molecule has 0 aliphatic heterocycles. The molecule has 3 N–H and O–H groups in total. The van der Waals surface area contributed by atoms with Gasteiger partial charge >= 0.3 is 0 Å². The van der Waals surface area contributed by atoms with E-state index >= 15 is 0 Å². The SMILES string of the molecule is Cc1cc(S(=O)(=O)NCCOc2ccc(N)cc2)sc1Br. The van der Waals surface area contributed by atoms with Crippen molar-refractivity contribution in [1.29, 1.82) is 0 Å². The number of nitrogens with two attached hydrogens (primary N) is 1. The lowest BCUT2D eigenvalue weighted by molar-refractivity contribution is 0.323. The summed E-state index contributed by atoms with van der Waals surface area (Å²) in [5, 5.41) is 0. The molecule has 0 atom stereocenters. The van der Waals surface area contributed by atoms with Gasteiger partial charge in [-0.25, -0.2) is 13.1 Å². The average Bonchev–Trinajstić information content (AvgIpc) is 2.78. The fraction of sp³-hybridized carbons (Fsp3) is 0.231. The largest absolute Gasteiger partial charge is 0.492 e. The second kappa shape index (κ2) is 6.78. The van der Waals surface area contributed by atoms with Gasteiger partial charge in [-0.05, 0) is 58.7 Å². The van der Waals surface area contributed by atoms with Gasteiger partial charge in [0.1, 0.15) is 16.6 Å². The minimum absolute atomic E-state index is 0.196. The summed E-state index contributed by atoms with van der Waals surface area (Å²) in [6.45, 7) is 2.29. The van der Waals surface area contributed by atoms with Crippen molar-refractivity contribution < 1.29 is 13.2 Å². The summed E-state index contributed by atoms with van der Waals surface area (Å²) in [4.78, 5) is 0. The van der Waals surface area contributed by atoms with E-state index in [-0.39, 0.29) is 13.2 Å². The Hall–Kier alpha value is -1.09. The Balaban J connectivity index is 1.86. The number of halogens is 1. The monoisotopic (exact) mass is 390 g/mol. The number of hydrogen-bond donors (Lipinski definition) is 2. The van der Waals surface area contributed by atoms with E-state index in [0.29, 0.717) is 15.6 Å². The molecule has 0 saturated carbocycles. The topological polar surface area (TPSA) is 81.4 Å². The summed E-state index contributed by atoms with van der Waals surface area (Å²) < 4.78 is 33.2. The second-order valence-electron chi connectivity index (χ2n) is 4.34. The number of ether oxygens (including phenoxy) is 1. The second-order valence-corrected chi connectivity index (χ2v) is 8.70. The number of rotatable bonds is 6. The van der Waals surface area contributed by atoms with Gasteiger partial charge < -0.3 is 10.5 Å². The van der Waals surface area contributed by atoms with Crippen LogP contribution in [0.25, 0.3) is 0 Å². The molecule has 1 aromatic carbocycles. The molecular formula is C13H15BrN2O3S2. The Bertz CT molecular complexity index is 692. The van der Waals surface area contributed by atoms with Crippen LogP contribution in [0.4, 0.5) is 5.69 Å². The molecule has 0 unspecified atom stereocenters. The molecule has 1 heterocycles. The number of benzene rings is 1. The summed E-state index contributed by atoms with van der Waals surface area (Å²) in [5.41, 5.74) is 7.12. The van der Waals surface area contributed by atoms with Crippen molar-refractivity contribution in [1.82, 2.24) is 4.72 Å². The van der Waals surface area contributed by atoms with E-state index in [1.54, 1.807) is 30.3 Å². The van der Waals surface area contributed by atoms with Gasteiger partial charge in [0, 0.05) is 12.2 Å². The van der Waals surface area contributed by atoms with Crippen LogP contribution in [0.5, 0.6) is 5.75 Å². The zero-order chi connectivity index (χ0) is 15.5. The van der Waals surface area contributed by atoms with E-state index < -0.39 is 10.0 Å². The molecule has 0 amide bonds. The van der Waals surface area contributed by atoms with E-state index in [2.05, 4.69) is 20.7 Å². The standard InChI is InChI=1S/C13H15BrN2O3S2/c1-9-8-12(20-13(9)14)21(17,18)16-6-7-19-11-4-2-10(15)3-5-11/h2-5,8,16H,6-7,15H2,1H3. The van der Waals surface area contributed by atoms with Gasteiger partial charge in [0.15, 0.2) is 0 Å². The van der Waals surface area contributed by atoms with Crippen molar-refractivity contribution in [3.63, 3.8) is 0 Å². The number of thiophene rings is 1. The smallest absolute Gasteiger partial charge is 0.250 e. The van der Waals surface area contributed by atoms with E-state index in [1.807, 2.05) is 6.92 Å². The van der Waals surface area contributed by atoms with Gasteiger partial charge in [0.05, 0.1) is 3.79 Å². The first kappa shape index (κ1) is 16.3. The molecule has 5 nitrogen and oxygen atoms in total. The lowest BCUT2D eigenvalue weighted by Crippen LogP contribution is -2.27. The van der Waals surface area contributed by atoms with E-state index in [1.165, 1.54) is 11.3 Å². The van der Waals surface area contributed by atoms with Crippen LogP contribution in [0, 0.1) is 6.92 Å². The van der Waals surface area contributed by atoms with Crippen molar-refractivity contribution in [3.8, 4) is 5.75 Å². The van der Waals surface area contributed by atoms with E-state index in [9.17, 15) is 8.42 Å². The maximum Gasteiger partial charge on any atom is 0.250 e. The molecule has 0 spiro atoms. The highest BCUT2D eigenvalue weighted by Crippen LogP contribution is 2.30. The highest BCUT2D eigenvalue weighted by atomic mass is 79.9. The maximum atomic E-state index is 12.1. The predicted molar refractivity (Wildman–Crippen MR) is 88.3 cm³/mol. The first-order chi connectivity index (χ1) is 9.88. The third kappa shape index (κ3) is 4.44. The average molecular weight is 391 g/mol. The van der Waals surface area contributed by atoms with Crippen LogP contribution in [0.15, 0.2) is 38.3 Å². The lowest BCUT2D eigenvalue weighted by Gasteiger charge is -2.07. The Morgan fingerprint density at radius 2 is 2.00 bits per heavy atom. The minimum atomic E-state index is -3.48. The van der Waals surface area contributed by atoms with Crippen LogP contribution in [0.3, 0.4) is 0 Å². The van der Waals surface area contributed by atoms with Crippen LogP contribution in [0.2, 0.25) is 0 Å². The van der Waals surface area contributed by atoms with Crippen LogP contribution in [-0.4, -0.2) is 21.6 Å². The molecule has 2 rings (SSSR count). The summed E-state index contributed by atoms with van der Waals surface area (Å²) in [6, 6.07) is 8.57. The summed E-state index contributed by atoms with van der Waals surface area (Å²) >= 11 is 4.51. The van der Waals surface area contributed by atoms with Gasteiger partial charge in [0.25, 0.3) is 0 Å². The molecule has 0 aliphatic rings. The Morgan fingerprint density at radius 3 is 2.57 bits per heavy atom. The van der Waals surface area contributed by atoms with Crippen molar-refractivity contribution >= 4 is 43.0 Å². The summed E-state index contributed by atoms with van der Waals surface area (Å²) in [7, 11) is -3.48. The maximum absolute atomic E-state index is 12.1. The fourth-order valence-corrected chi connectivity index (χ4v) is 4.83. The van der Waals surface area contributed by atoms with Crippen LogP contribution < -0.4 is 15.2 Å². The van der Waals surface area contributed by atoms with Crippen molar-refractivity contribution in [2.45, 2.75) is 11.1 Å². The lowest BCUT2D eigenvalue weighted by atomic mass is 10.3. The Kier molecular flexibility index (Phi) is 5.26. The van der Waals surface area contributed by atoms with Crippen molar-refractivity contribution in [3.05, 3.63) is 39.7 Å². The molecule has 2 aromatic rings. The zero-order valence-corrected chi connectivity index (χ0v) is 14.5. The Labute approximate surface area is 136 Å². The molecule has 0 fully saturated rings. The number of nitrogen functional groups attached to an aromatic ring is 1. The number of anilines is 1. The molecule has 8 heteroatoms. The first-order valence-corrected chi connectivity index (χ1v) is 9.22. The highest BCUT2D eigenvalue weighted by molar-refractivity contribution is 9.11. The number of aryl methyl sites for hydroxylation is 1. The molecule has 0 aliphatic carbocycles. The summed E-state index contributed by atoms with van der Waals surface area (Å²) in [6.07, 6.45) is 0. The molecule has 21 heavy (non-hydrogen) atoms. The van der Waals surface area contributed by atoms with Gasteiger partial charge in [-0.15, -0.1) is 11.3 Å². The molecule has 114 valence electrons. The van der Waals surface area contributed by atoms with Gasteiger partial charge in [-0.2, -0.15) is 0 Å². The van der Waals surface area contributed by atoms with E-state index in [0.717, 1.165) is 9.35 Å². The quantitative estimate of drug-likeness (QED) is 0.586. The normalized spacial score (nSPS) is 11.5. The summed E-state index contributed by atoms with van der Waals surface area (Å²) in [5.74, 6) is 0.651. The zero-order valence-electron chi connectivity index (χ0n) is 11.3. The third-order valence-electron chi connectivity index (χ3n) is 2.64. The molecule has 1 aromatic heterocycles. The number of sulfonamides is 1. The van der Waals surface area contributed by atoms with Gasteiger partial charge in [-0.1, -0.05) is 0 Å². The molecule has 0 saturated heterocycles. The Morgan fingerprint density at radius 1 is 1.33 bits per heavy atom. The van der Waals surface area contributed by atoms with Gasteiger partial charge in [-0.3, -0.25) is 0 Å². The minimum Gasteiger partial charge on any atom is -0.492 e. The fourth-order valence-electron chi connectivity index (χ4n) is 1.54. The van der Waals surface area contributed by atoms with Crippen LogP contribution >= 0.6 is 27.3 Å². The molecule has 0 bridgehead atoms. The molecular weight excluding hydrogens is 376 g/mol. The van der Waals surface area contributed by atoms with Gasteiger partial charge in [0.2, 0.25) is 10.0 Å². The van der Waals surface area contributed by atoms with Crippen LogP contribution in [-0.2, 0) is 10.0 Å². The first-order valence-electron chi connectivity index (χ1n) is 6.12. The van der Waals surface area contributed by atoms with Crippen LogP contribution in [0.1, 0.15) is 5.56 Å². The third-order valence-corrected chi connectivity index (χ3v) is 6.71. The number of hydrogen-bond acceptors (Lipinski definition) is 5. The molecule has 0 radical (unpaired) electrons. The van der Waals surface area contributed by atoms with Crippen molar-refractivity contribution in [2.24, 2.45) is 0 Å². The highest BCUT2D eigenvalue weighted by Gasteiger charge is 2.17. The van der Waals surface area contributed by atoms with E-state index in [4.69, 9.17) is 10.5 Å². The van der Waals surface area contributed by atoms with Crippen molar-refractivity contribution in [2.75, 3.05) is 18.9 Å². The number of nitrogens with one attached hydrogen (secondary N) is 1.